The van der Waals surface area contributed by atoms with Gasteiger partial charge in [0.2, 0.25) is 0 Å². The van der Waals surface area contributed by atoms with Crippen molar-refractivity contribution in [2.45, 2.75) is 0 Å². The molecular weight excluding hydrogens is 599 g/mol. The molecule has 7 aromatic rings. The fourth-order valence-electron chi connectivity index (χ4n) is 5.98. The van der Waals surface area contributed by atoms with Gasteiger partial charge in [0.05, 0.1) is 0 Å². The Morgan fingerprint density at radius 1 is 0.327 bits per heavy atom. The van der Waals surface area contributed by atoms with Gasteiger partial charge in [-0.05, 0) is 117 Å². The highest BCUT2D eigenvalue weighted by Crippen LogP contribution is 2.36. The molecule has 0 aliphatic carbocycles. The summed E-state index contributed by atoms with van der Waals surface area (Å²) >= 11 is 0. The molecule has 0 fully saturated rings. The maximum absolute atomic E-state index is 9.89. The number of hydrogen-bond acceptors (Lipinski definition) is 3. The first-order valence-corrected chi connectivity index (χ1v) is 16.3. The monoisotopic (exact) mass is 633 g/mol. The van der Waals surface area contributed by atoms with Gasteiger partial charge in [-0.1, -0.05) is 127 Å². The Kier molecular flexibility index (Phi) is 9.16. The highest BCUT2D eigenvalue weighted by Gasteiger charge is 2.13. The topological polar surface area (TPSA) is 43.7 Å². The first-order valence-electron chi connectivity index (χ1n) is 16.3. The normalized spacial score (nSPS) is 10.6. The predicted octanol–water partition coefficient (Wildman–Crippen LogP) is 11.7. The van der Waals surface area contributed by atoms with Crippen LogP contribution >= 0.6 is 0 Å². The number of phenols is 2. The van der Waals surface area contributed by atoms with E-state index in [2.05, 4.69) is 138 Å². The van der Waals surface area contributed by atoms with Crippen LogP contribution in [-0.4, -0.2) is 10.2 Å². The largest absolute Gasteiger partial charge is 0.508 e. The molecule has 0 saturated carbocycles. The van der Waals surface area contributed by atoms with E-state index in [0.717, 1.165) is 44.9 Å². The fourth-order valence-corrected chi connectivity index (χ4v) is 5.98. The van der Waals surface area contributed by atoms with Gasteiger partial charge < -0.3 is 15.1 Å². The summed E-state index contributed by atoms with van der Waals surface area (Å²) in [7, 11) is 0. The molecule has 0 aliphatic heterocycles. The Bertz CT molecular complexity index is 2080. The molecule has 0 atom stereocenters. The van der Waals surface area contributed by atoms with Crippen LogP contribution in [0.15, 0.2) is 188 Å². The smallest absolute Gasteiger partial charge is 0.115 e. The van der Waals surface area contributed by atoms with Crippen LogP contribution in [0.3, 0.4) is 0 Å². The Morgan fingerprint density at radius 3 is 1.00 bits per heavy atom. The zero-order chi connectivity index (χ0) is 33.4. The van der Waals surface area contributed by atoms with E-state index in [1.165, 1.54) is 16.7 Å². The zero-order valence-electron chi connectivity index (χ0n) is 26.9. The van der Waals surface area contributed by atoms with E-state index < -0.39 is 0 Å². The highest BCUT2D eigenvalue weighted by atomic mass is 16.3. The van der Waals surface area contributed by atoms with Gasteiger partial charge in [0.15, 0.2) is 0 Å². The molecule has 49 heavy (non-hydrogen) atoms. The van der Waals surface area contributed by atoms with Crippen LogP contribution in [0.25, 0.3) is 23.3 Å². The van der Waals surface area contributed by atoms with Crippen molar-refractivity contribution in [3.8, 4) is 11.5 Å². The third-order valence-corrected chi connectivity index (χ3v) is 8.47. The molecule has 0 radical (unpaired) electrons. The summed E-state index contributed by atoms with van der Waals surface area (Å²) < 4.78 is 0. The van der Waals surface area contributed by atoms with E-state index in [0.29, 0.717) is 0 Å². The van der Waals surface area contributed by atoms with Crippen molar-refractivity contribution in [1.82, 2.24) is 0 Å². The van der Waals surface area contributed by atoms with Crippen molar-refractivity contribution in [1.29, 1.82) is 0 Å². The number of benzene rings is 7. The number of hydrogen-bond donors (Lipinski definition) is 2. The molecule has 236 valence electrons. The molecule has 2 N–H and O–H groups in total. The van der Waals surface area contributed by atoms with Crippen molar-refractivity contribution in [2.75, 3.05) is 4.90 Å². The Hall–Kier alpha value is -6.58. The molecule has 7 rings (SSSR count). The summed E-state index contributed by atoms with van der Waals surface area (Å²) in [5, 5.41) is 19.8. The van der Waals surface area contributed by atoms with Gasteiger partial charge in [-0.3, -0.25) is 0 Å². The molecule has 0 aliphatic rings. The van der Waals surface area contributed by atoms with Crippen LogP contribution in [0.2, 0.25) is 0 Å². The van der Waals surface area contributed by atoms with E-state index in [4.69, 9.17) is 0 Å². The zero-order valence-corrected chi connectivity index (χ0v) is 26.9. The van der Waals surface area contributed by atoms with Crippen molar-refractivity contribution < 1.29 is 10.2 Å². The molecule has 3 heteroatoms. The van der Waals surface area contributed by atoms with Crippen molar-refractivity contribution in [3.05, 3.63) is 221 Å². The van der Waals surface area contributed by atoms with E-state index in [-0.39, 0.29) is 11.5 Å². The number of nitrogens with zero attached hydrogens (tertiary/aromatic N) is 1. The first kappa shape index (κ1) is 31.0. The number of rotatable bonds is 9. The van der Waals surface area contributed by atoms with Crippen LogP contribution < -0.4 is 4.90 Å². The summed E-state index contributed by atoms with van der Waals surface area (Å²) in [6, 6.07) is 63.0. The van der Waals surface area contributed by atoms with Gasteiger partial charge in [-0.2, -0.15) is 0 Å². The highest BCUT2D eigenvalue weighted by molar-refractivity contribution is 5.93. The van der Waals surface area contributed by atoms with Crippen LogP contribution in [-0.2, 0) is 0 Å². The number of aromatic hydroxyl groups is 2. The lowest BCUT2D eigenvalue weighted by atomic mass is 9.95. The van der Waals surface area contributed by atoms with Crippen molar-refractivity contribution >= 4 is 40.4 Å². The quantitative estimate of drug-likeness (QED) is 0.155. The lowest BCUT2D eigenvalue weighted by molar-refractivity contribution is 0.475. The maximum Gasteiger partial charge on any atom is 0.115 e. The second-order valence-electron chi connectivity index (χ2n) is 11.8. The molecular formula is C46H35NO2. The lowest BCUT2D eigenvalue weighted by Gasteiger charge is -2.25. The molecule has 0 bridgehead atoms. The molecule has 0 saturated heterocycles. The lowest BCUT2D eigenvalue weighted by Crippen LogP contribution is -2.09. The van der Waals surface area contributed by atoms with Crippen molar-refractivity contribution in [3.63, 3.8) is 0 Å². The maximum atomic E-state index is 9.89. The molecule has 0 unspecified atom stereocenters. The Labute approximate surface area is 287 Å². The van der Waals surface area contributed by atoms with Crippen LogP contribution in [0.5, 0.6) is 11.5 Å². The second-order valence-corrected chi connectivity index (χ2v) is 11.8. The van der Waals surface area contributed by atoms with E-state index in [1.807, 2.05) is 42.5 Å². The van der Waals surface area contributed by atoms with Gasteiger partial charge in [-0.25, -0.2) is 0 Å². The van der Waals surface area contributed by atoms with Crippen LogP contribution in [0.4, 0.5) is 17.1 Å². The molecule has 0 aromatic heterocycles. The van der Waals surface area contributed by atoms with Crippen molar-refractivity contribution in [2.24, 2.45) is 0 Å². The minimum Gasteiger partial charge on any atom is -0.508 e. The standard InChI is InChI=1S/C46H35NO2/c48-43-28-20-38(21-29-43)46(39-22-30-44(49)31-23-39)33-35-18-26-42(27-19-35)47(40-14-8-3-9-15-40)41-24-16-34(17-25-41)32-45(36-10-4-1-5-11-36)37-12-6-2-7-13-37/h1-33,48-49H. The minimum absolute atomic E-state index is 0.219. The number of para-hydroxylation sites is 1. The average molecular weight is 634 g/mol. The molecule has 0 spiro atoms. The van der Waals surface area contributed by atoms with E-state index >= 15 is 0 Å². The van der Waals surface area contributed by atoms with E-state index in [9.17, 15) is 10.2 Å². The van der Waals surface area contributed by atoms with Gasteiger partial charge in [0, 0.05) is 17.1 Å². The van der Waals surface area contributed by atoms with Gasteiger partial charge in [-0.15, -0.1) is 0 Å². The summed E-state index contributed by atoms with van der Waals surface area (Å²) in [5.74, 6) is 0.437. The first-order chi connectivity index (χ1) is 24.1. The summed E-state index contributed by atoms with van der Waals surface area (Å²) in [5.41, 5.74) is 11.8. The fraction of sp³-hybridized carbons (Fsp3) is 0. The SMILES string of the molecule is Oc1ccc(C(=Cc2ccc(N(c3ccccc3)c3ccc(C=C(c4ccccc4)c4ccccc4)cc3)cc2)c2ccc(O)cc2)cc1. The van der Waals surface area contributed by atoms with Crippen LogP contribution in [0, 0.1) is 0 Å². The van der Waals surface area contributed by atoms with Gasteiger partial charge in [0.25, 0.3) is 0 Å². The Balaban J connectivity index is 1.24. The molecule has 3 nitrogen and oxygen atoms in total. The van der Waals surface area contributed by atoms with Gasteiger partial charge in [0.1, 0.15) is 11.5 Å². The molecule has 0 amide bonds. The average Bonchev–Trinajstić information content (AvgIpc) is 3.16. The number of phenolic OH excluding ortho intramolecular Hbond substituents is 2. The third-order valence-electron chi connectivity index (χ3n) is 8.47. The summed E-state index contributed by atoms with van der Waals surface area (Å²) in [6.07, 6.45) is 4.38. The van der Waals surface area contributed by atoms with Crippen LogP contribution in [0.1, 0.15) is 33.4 Å². The molecule has 0 heterocycles. The third kappa shape index (κ3) is 7.38. The summed E-state index contributed by atoms with van der Waals surface area (Å²) in [6.45, 7) is 0. The Morgan fingerprint density at radius 2 is 0.633 bits per heavy atom. The summed E-state index contributed by atoms with van der Waals surface area (Å²) in [4.78, 5) is 2.26. The van der Waals surface area contributed by atoms with E-state index in [1.54, 1.807) is 24.3 Å². The minimum atomic E-state index is 0.219. The molecule has 7 aromatic carbocycles. The second kappa shape index (κ2) is 14.5. The number of anilines is 3. The predicted molar refractivity (Wildman–Crippen MR) is 204 cm³/mol. The van der Waals surface area contributed by atoms with Gasteiger partial charge >= 0.3 is 0 Å².